The Balaban J connectivity index is 1.59. The summed E-state index contributed by atoms with van der Waals surface area (Å²) >= 11 is 0. The number of rotatable bonds is 13. The van der Waals surface area contributed by atoms with Crippen molar-refractivity contribution in [3.8, 4) is 0 Å². The summed E-state index contributed by atoms with van der Waals surface area (Å²) in [5.74, 6) is -1.14. The first-order valence-electron chi connectivity index (χ1n) is 15.3. The van der Waals surface area contributed by atoms with E-state index < -0.39 is 20.5 Å². The van der Waals surface area contributed by atoms with E-state index in [1.165, 1.54) is 10.4 Å². The largest absolute Gasteiger partial charge is 0.481 e. The molecule has 2 aromatic carbocycles. The Bertz CT molecular complexity index is 1060. The van der Waals surface area contributed by atoms with Crippen LogP contribution in [0, 0.1) is 11.8 Å². The van der Waals surface area contributed by atoms with Gasteiger partial charge in [0.25, 0.3) is 8.32 Å². The van der Waals surface area contributed by atoms with Crippen molar-refractivity contribution in [3.05, 3.63) is 72.8 Å². The molecule has 1 saturated heterocycles. The molecule has 224 valence electrons. The summed E-state index contributed by atoms with van der Waals surface area (Å²) in [4.78, 5) is 10.9. The van der Waals surface area contributed by atoms with Crippen LogP contribution in [0.3, 0.4) is 0 Å². The van der Waals surface area contributed by atoms with Crippen LogP contribution in [0.25, 0.3) is 0 Å². The molecule has 0 spiro atoms. The molecule has 1 N–H and O–H groups in total. The van der Waals surface area contributed by atoms with Gasteiger partial charge in [-0.25, -0.2) is 4.39 Å². The highest BCUT2D eigenvalue weighted by molar-refractivity contribution is 6.99. The van der Waals surface area contributed by atoms with E-state index in [0.29, 0.717) is 38.9 Å². The number of halogens is 1. The molecule has 2 aromatic rings. The molecule has 2 aliphatic rings. The number of hydrogen-bond donors (Lipinski definition) is 1. The second-order valence-corrected chi connectivity index (χ2v) is 16.8. The number of carbonyl (C=O) groups is 1. The van der Waals surface area contributed by atoms with E-state index in [4.69, 9.17) is 19.0 Å². The van der Waals surface area contributed by atoms with Gasteiger partial charge in [-0.15, -0.1) is 0 Å². The van der Waals surface area contributed by atoms with Gasteiger partial charge in [-0.2, -0.15) is 0 Å². The van der Waals surface area contributed by atoms with E-state index >= 15 is 4.39 Å². The lowest BCUT2D eigenvalue weighted by molar-refractivity contribution is -0.196. The van der Waals surface area contributed by atoms with Crippen molar-refractivity contribution in [3.63, 3.8) is 0 Å². The average Bonchev–Trinajstić information content (AvgIpc) is 3.25. The predicted molar refractivity (Wildman–Crippen MR) is 164 cm³/mol. The van der Waals surface area contributed by atoms with E-state index in [2.05, 4.69) is 75.4 Å². The van der Waals surface area contributed by atoms with Crippen LogP contribution in [0.15, 0.2) is 72.8 Å². The van der Waals surface area contributed by atoms with Gasteiger partial charge >= 0.3 is 5.97 Å². The van der Waals surface area contributed by atoms with Crippen molar-refractivity contribution < 1.29 is 28.2 Å². The van der Waals surface area contributed by atoms with Crippen LogP contribution in [0.5, 0.6) is 0 Å². The Kier molecular flexibility index (Phi) is 11.3. The zero-order valence-corrected chi connectivity index (χ0v) is 25.8. The van der Waals surface area contributed by atoms with Crippen molar-refractivity contribution in [2.45, 2.75) is 95.7 Å². The fraction of sp³-hybridized carbons (Fsp3) is 0.559. The summed E-state index contributed by atoms with van der Waals surface area (Å²) in [7, 11) is -2.81. The Morgan fingerprint density at radius 3 is 2.24 bits per heavy atom. The highest BCUT2D eigenvalue weighted by atomic mass is 28.4. The number of ether oxygens (including phenoxy) is 2. The maximum absolute atomic E-state index is 16.0. The Morgan fingerprint density at radius 2 is 1.68 bits per heavy atom. The molecule has 4 rings (SSSR count). The normalized spacial score (nSPS) is 25.5. The number of alkyl halides is 1. The standard InChI is InChI=1S/C34H47FO5Si/c1-34(2,3)41(26-16-8-6-9-17-26,27-18-10-7-11-19-27)39-25-29-28(20-12-4-5-13-21-32(36)37)31(24-30(29)35)40-33-22-14-15-23-38-33/h4,6-12,16-19,28-31,33H,5,13-15,20-25H2,1-3H3,(H,36,37)/t28-,29-,30+,31+,33?/m1/s1. The number of carboxylic acids is 1. The maximum atomic E-state index is 16.0. The zero-order chi connectivity index (χ0) is 29.3. The van der Waals surface area contributed by atoms with Crippen LogP contribution >= 0.6 is 0 Å². The maximum Gasteiger partial charge on any atom is 0.303 e. The topological polar surface area (TPSA) is 65.0 Å². The first kappa shape index (κ1) is 31.6. The predicted octanol–water partition coefficient (Wildman–Crippen LogP) is 6.65. The monoisotopic (exact) mass is 582 g/mol. The van der Waals surface area contributed by atoms with Gasteiger partial charge in [0.15, 0.2) is 6.29 Å². The molecule has 1 unspecified atom stereocenters. The van der Waals surface area contributed by atoms with Crippen LogP contribution < -0.4 is 10.4 Å². The summed E-state index contributed by atoms with van der Waals surface area (Å²) in [6.45, 7) is 7.72. The molecule has 0 radical (unpaired) electrons. The Hall–Kier alpha value is -2.32. The molecule has 1 heterocycles. The SMILES string of the molecule is CC(C)(C)[Si](OC[C@@H]1[C@@H](CC=CCCCC(=O)O)[C@@H](OC2CCCCO2)C[C@@H]1F)(c1ccccc1)c1ccccc1. The van der Waals surface area contributed by atoms with Crippen LogP contribution in [0.4, 0.5) is 4.39 Å². The van der Waals surface area contributed by atoms with Crippen LogP contribution in [-0.2, 0) is 18.7 Å². The van der Waals surface area contributed by atoms with Crippen molar-refractivity contribution >= 4 is 24.7 Å². The lowest BCUT2D eigenvalue weighted by Gasteiger charge is -2.44. The lowest BCUT2D eigenvalue weighted by Crippen LogP contribution is -2.67. The Morgan fingerprint density at radius 1 is 1.02 bits per heavy atom. The minimum Gasteiger partial charge on any atom is -0.481 e. The molecule has 0 aromatic heterocycles. The van der Waals surface area contributed by atoms with E-state index in [0.717, 1.165) is 19.3 Å². The third-order valence-electron chi connectivity index (χ3n) is 8.66. The number of benzene rings is 2. The van der Waals surface area contributed by atoms with E-state index in [1.807, 2.05) is 18.2 Å². The van der Waals surface area contributed by atoms with Crippen molar-refractivity contribution in [2.24, 2.45) is 11.8 Å². The molecule has 7 heteroatoms. The number of aliphatic carboxylic acids is 1. The zero-order valence-electron chi connectivity index (χ0n) is 24.8. The van der Waals surface area contributed by atoms with Crippen LogP contribution in [-0.4, -0.2) is 51.2 Å². The van der Waals surface area contributed by atoms with Gasteiger partial charge in [0.2, 0.25) is 0 Å². The third-order valence-corrected chi connectivity index (χ3v) is 13.7. The quantitative estimate of drug-likeness (QED) is 0.163. The number of unbranched alkanes of at least 4 members (excludes halogenated alkanes) is 1. The summed E-state index contributed by atoms with van der Waals surface area (Å²) < 4.78 is 35.4. The highest BCUT2D eigenvalue weighted by Crippen LogP contribution is 2.43. The smallest absolute Gasteiger partial charge is 0.303 e. The lowest BCUT2D eigenvalue weighted by atomic mass is 9.91. The molecule has 2 fully saturated rings. The number of allylic oxidation sites excluding steroid dienone is 2. The fourth-order valence-electron chi connectivity index (χ4n) is 6.57. The van der Waals surface area contributed by atoms with Gasteiger partial charge in [0, 0.05) is 32.0 Å². The minimum atomic E-state index is -2.81. The van der Waals surface area contributed by atoms with Gasteiger partial charge in [-0.3, -0.25) is 4.79 Å². The van der Waals surface area contributed by atoms with E-state index in [-0.39, 0.29) is 35.7 Å². The van der Waals surface area contributed by atoms with Crippen molar-refractivity contribution in [2.75, 3.05) is 13.2 Å². The van der Waals surface area contributed by atoms with Crippen LogP contribution in [0.1, 0.15) is 72.1 Å². The molecule has 1 saturated carbocycles. The van der Waals surface area contributed by atoms with Gasteiger partial charge in [-0.05, 0) is 59.9 Å². The summed E-state index contributed by atoms with van der Waals surface area (Å²) in [6.07, 6.45) is 7.94. The molecular formula is C34H47FO5Si. The molecule has 5 atom stereocenters. The van der Waals surface area contributed by atoms with Gasteiger partial charge in [-0.1, -0.05) is 93.6 Å². The van der Waals surface area contributed by atoms with Gasteiger partial charge < -0.3 is 19.0 Å². The Labute approximate surface area is 246 Å². The third kappa shape index (κ3) is 7.95. The van der Waals surface area contributed by atoms with Gasteiger partial charge in [0.1, 0.15) is 6.17 Å². The molecule has 41 heavy (non-hydrogen) atoms. The molecule has 5 nitrogen and oxygen atoms in total. The second kappa shape index (κ2) is 14.7. The van der Waals surface area contributed by atoms with Crippen molar-refractivity contribution in [1.82, 2.24) is 0 Å². The highest BCUT2D eigenvalue weighted by Gasteiger charge is 2.52. The molecule has 0 bridgehead atoms. The summed E-state index contributed by atoms with van der Waals surface area (Å²) in [5.41, 5.74) is 0. The average molecular weight is 583 g/mol. The molecular weight excluding hydrogens is 535 g/mol. The van der Waals surface area contributed by atoms with E-state index in [1.54, 1.807) is 0 Å². The van der Waals surface area contributed by atoms with E-state index in [9.17, 15) is 4.79 Å². The minimum absolute atomic E-state index is 0.0514. The molecule has 1 aliphatic heterocycles. The molecule has 1 aliphatic carbocycles. The molecule has 0 amide bonds. The first-order chi connectivity index (χ1) is 19.7. The number of hydrogen-bond acceptors (Lipinski definition) is 4. The second-order valence-electron chi connectivity index (χ2n) is 12.5. The first-order valence-corrected chi connectivity index (χ1v) is 17.2. The summed E-state index contributed by atoms with van der Waals surface area (Å²) in [5, 5.41) is 11.1. The van der Waals surface area contributed by atoms with Crippen molar-refractivity contribution in [1.29, 1.82) is 0 Å². The summed E-state index contributed by atoms with van der Waals surface area (Å²) in [6, 6.07) is 21.0. The fourth-order valence-corrected chi connectivity index (χ4v) is 11.2. The van der Waals surface area contributed by atoms with Gasteiger partial charge in [0.05, 0.1) is 6.10 Å². The number of carboxylic acid groups (broad SMARTS) is 1. The van der Waals surface area contributed by atoms with Crippen LogP contribution in [0.2, 0.25) is 5.04 Å².